The number of carbonyl (C=O) groups excluding carboxylic acids is 1. The maximum Gasteiger partial charge on any atom is 0.218 e. The molecule has 4 N–H and O–H groups in total. The number of rotatable bonds is 5. The summed E-state index contributed by atoms with van der Waals surface area (Å²) in [6, 6.07) is 6.91. The summed E-state index contributed by atoms with van der Waals surface area (Å²) in [5, 5.41) is 0. The van der Waals surface area contributed by atoms with E-state index in [9.17, 15) is 13.2 Å². The second-order valence-electron chi connectivity index (χ2n) is 5.51. The van der Waals surface area contributed by atoms with Crippen LogP contribution in [0.1, 0.15) is 24.8 Å². The average molecular weight is 311 g/mol. The Kier molecular flexibility index (Phi) is 4.84. The zero-order valence-electron chi connectivity index (χ0n) is 11.9. The van der Waals surface area contributed by atoms with E-state index in [0.29, 0.717) is 43.6 Å². The van der Waals surface area contributed by atoms with Crippen LogP contribution in [0.5, 0.6) is 0 Å². The van der Waals surface area contributed by atoms with Crippen molar-refractivity contribution < 1.29 is 13.2 Å². The van der Waals surface area contributed by atoms with Gasteiger partial charge in [0.2, 0.25) is 15.9 Å². The van der Waals surface area contributed by atoms with Gasteiger partial charge in [0.25, 0.3) is 0 Å². The topological polar surface area (TPSA) is 106 Å². The highest BCUT2D eigenvalue weighted by Crippen LogP contribution is 2.24. The van der Waals surface area contributed by atoms with E-state index in [1.54, 1.807) is 24.3 Å². The summed E-state index contributed by atoms with van der Waals surface area (Å²) < 4.78 is 26.3. The molecule has 1 saturated heterocycles. The van der Waals surface area contributed by atoms with Crippen LogP contribution in [0.25, 0.3) is 0 Å². The summed E-state index contributed by atoms with van der Waals surface area (Å²) in [5.41, 5.74) is 12.1. The fourth-order valence-corrected chi connectivity index (χ4v) is 4.21. The van der Waals surface area contributed by atoms with E-state index in [0.717, 1.165) is 0 Å². The van der Waals surface area contributed by atoms with Gasteiger partial charge in [-0.25, -0.2) is 12.7 Å². The van der Waals surface area contributed by atoms with E-state index >= 15 is 0 Å². The number of primary amides is 1. The number of nitrogens with zero attached hydrogens (tertiary/aromatic N) is 1. The number of nitrogen functional groups attached to an aromatic ring is 1. The third-order valence-corrected chi connectivity index (χ3v) is 5.61. The van der Waals surface area contributed by atoms with Crippen LogP contribution in [0.15, 0.2) is 24.3 Å². The molecule has 7 heteroatoms. The molecule has 2 rings (SSSR count). The van der Waals surface area contributed by atoms with Gasteiger partial charge in [-0.15, -0.1) is 0 Å². The Labute approximate surface area is 125 Å². The number of hydrogen-bond donors (Lipinski definition) is 2. The molecular formula is C14H21N3O3S. The first-order valence-corrected chi connectivity index (χ1v) is 8.58. The summed E-state index contributed by atoms with van der Waals surface area (Å²) in [6.45, 7) is 0.894. The molecule has 116 valence electrons. The van der Waals surface area contributed by atoms with Crippen LogP contribution in [0, 0.1) is 5.92 Å². The number of anilines is 1. The smallest absolute Gasteiger partial charge is 0.218 e. The number of sulfonamides is 1. The molecule has 0 aliphatic carbocycles. The number of amides is 1. The molecule has 1 aromatic rings. The molecule has 0 unspecified atom stereocenters. The van der Waals surface area contributed by atoms with E-state index in [4.69, 9.17) is 11.5 Å². The maximum atomic E-state index is 12.4. The Bertz CT molecular complexity index is 608. The third-order valence-electron chi connectivity index (χ3n) is 3.76. The molecule has 0 spiro atoms. The molecule has 1 aliphatic rings. The molecule has 21 heavy (non-hydrogen) atoms. The summed E-state index contributed by atoms with van der Waals surface area (Å²) in [4.78, 5) is 10.9. The zero-order valence-corrected chi connectivity index (χ0v) is 12.7. The van der Waals surface area contributed by atoms with Gasteiger partial charge in [0.1, 0.15) is 0 Å². The van der Waals surface area contributed by atoms with E-state index in [1.807, 2.05) is 0 Å². The first-order valence-electron chi connectivity index (χ1n) is 6.97. The van der Waals surface area contributed by atoms with Crippen molar-refractivity contribution in [3.63, 3.8) is 0 Å². The van der Waals surface area contributed by atoms with Gasteiger partial charge in [-0.3, -0.25) is 4.79 Å². The molecular weight excluding hydrogens is 290 g/mol. The second kappa shape index (κ2) is 6.44. The lowest BCUT2D eigenvalue weighted by molar-refractivity contribution is -0.119. The van der Waals surface area contributed by atoms with Gasteiger partial charge in [0.05, 0.1) is 5.75 Å². The summed E-state index contributed by atoms with van der Waals surface area (Å²) in [7, 11) is -3.34. The zero-order chi connectivity index (χ0) is 15.5. The molecule has 1 fully saturated rings. The molecule has 1 aromatic carbocycles. The van der Waals surface area contributed by atoms with Gasteiger partial charge in [0.15, 0.2) is 0 Å². The highest BCUT2D eigenvalue weighted by atomic mass is 32.2. The highest BCUT2D eigenvalue weighted by molar-refractivity contribution is 7.88. The van der Waals surface area contributed by atoms with E-state index < -0.39 is 10.0 Å². The van der Waals surface area contributed by atoms with Crippen molar-refractivity contribution in [1.82, 2.24) is 4.31 Å². The lowest BCUT2D eigenvalue weighted by Crippen LogP contribution is -2.39. The molecule has 1 aliphatic heterocycles. The van der Waals surface area contributed by atoms with Crippen LogP contribution in [-0.4, -0.2) is 31.7 Å². The van der Waals surface area contributed by atoms with Crippen molar-refractivity contribution in [3.05, 3.63) is 29.8 Å². The van der Waals surface area contributed by atoms with Crippen molar-refractivity contribution in [3.8, 4) is 0 Å². The summed E-state index contributed by atoms with van der Waals surface area (Å²) in [6.07, 6.45) is 1.70. The Morgan fingerprint density at radius 3 is 2.52 bits per heavy atom. The van der Waals surface area contributed by atoms with Crippen molar-refractivity contribution in [2.45, 2.75) is 25.0 Å². The van der Waals surface area contributed by atoms with Gasteiger partial charge in [-0.05, 0) is 36.5 Å². The van der Waals surface area contributed by atoms with Gasteiger partial charge >= 0.3 is 0 Å². The Hall–Kier alpha value is -1.60. The monoisotopic (exact) mass is 311 g/mol. The maximum absolute atomic E-state index is 12.4. The highest BCUT2D eigenvalue weighted by Gasteiger charge is 2.28. The molecule has 0 bridgehead atoms. The largest absolute Gasteiger partial charge is 0.399 e. The van der Waals surface area contributed by atoms with Gasteiger partial charge in [-0.2, -0.15) is 0 Å². The third kappa shape index (κ3) is 4.44. The van der Waals surface area contributed by atoms with Gasteiger partial charge < -0.3 is 11.5 Å². The molecule has 0 aromatic heterocycles. The molecule has 1 heterocycles. The lowest BCUT2D eigenvalue weighted by atomic mass is 9.94. The quantitative estimate of drug-likeness (QED) is 0.780. The van der Waals surface area contributed by atoms with Crippen LogP contribution in [0.2, 0.25) is 0 Å². The van der Waals surface area contributed by atoms with Crippen LogP contribution in [0.3, 0.4) is 0 Å². The Morgan fingerprint density at radius 1 is 1.29 bits per heavy atom. The SMILES string of the molecule is NC(=O)CC1CCN(S(=O)(=O)Cc2cccc(N)c2)CC1. The van der Waals surface area contributed by atoms with Crippen LogP contribution in [0.4, 0.5) is 5.69 Å². The standard InChI is InChI=1S/C14H21N3O3S/c15-13-3-1-2-12(8-13)10-21(19,20)17-6-4-11(5-7-17)9-14(16)18/h1-3,8,11H,4-7,9-10,15H2,(H2,16,18). The average Bonchev–Trinajstić information content (AvgIpc) is 2.38. The van der Waals surface area contributed by atoms with Crippen molar-refractivity contribution in [2.24, 2.45) is 11.7 Å². The second-order valence-corrected chi connectivity index (χ2v) is 7.48. The van der Waals surface area contributed by atoms with Crippen LogP contribution in [-0.2, 0) is 20.6 Å². The minimum atomic E-state index is -3.34. The predicted octanol–water partition coefficient (Wildman–Crippen LogP) is 0.686. The van der Waals surface area contributed by atoms with Crippen molar-refractivity contribution in [2.75, 3.05) is 18.8 Å². The minimum absolute atomic E-state index is 0.0431. The Morgan fingerprint density at radius 2 is 1.95 bits per heavy atom. The predicted molar refractivity (Wildman–Crippen MR) is 81.6 cm³/mol. The lowest BCUT2D eigenvalue weighted by Gasteiger charge is -2.30. The van der Waals surface area contributed by atoms with E-state index in [1.165, 1.54) is 4.31 Å². The minimum Gasteiger partial charge on any atom is -0.399 e. The first kappa shape index (κ1) is 15.8. The fourth-order valence-electron chi connectivity index (χ4n) is 2.66. The molecule has 0 atom stereocenters. The van der Waals surface area contributed by atoms with Crippen LogP contribution >= 0.6 is 0 Å². The molecule has 0 saturated carbocycles. The van der Waals surface area contributed by atoms with E-state index in [2.05, 4.69) is 0 Å². The van der Waals surface area contributed by atoms with E-state index in [-0.39, 0.29) is 17.6 Å². The number of nitrogens with two attached hydrogens (primary N) is 2. The molecule has 0 radical (unpaired) electrons. The van der Waals surface area contributed by atoms with Crippen molar-refractivity contribution in [1.29, 1.82) is 0 Å². The summed E-state index contributed by atoms with van der Waals surface area (Å²) >= 11 is 0. The van der Waals surface area contributed by atoms with Gasteiger partial charge in [-0.1, -0.05) is 12.1 Å². The first-order chi connectivity index (χ1) is 9.87. The fraction of sp³-hybridized carbons (Fsp3) is 0.500. The van der Waals surface area contributed by atoms with Gasteiger partial charge in [0, 0.05) is 25.2 Å². The number of hydrogen-bond acceptors (Lipinski definition) is 4. The Balaban J connectivity index is 1.97. The molecule has 1 amide bonds. The number of piperidine rings is 1. The number of carbonyl (C=O) groups is 1. The molecule has 6 nitrogen and oxygen atoms in total. The number of benzene rings is 1. The van der Waals surface area contributed by atoms with Crippen LogP contribution < -0.4 is 11.5 Å². The summed E-state index contributed by atoms with van der Waals surface area (Å²) in [5.74, 6) is -0.171. The normalized spacial score (nSPS) is 17.7. The van der Waals surface area contributed by atoms with Crippen molar-refractivity contribution >= 4 is 21.6 Å².